The number of amides is 2. The van der Waals surface area contributed by atoms with Crippen LogP contribution in [0.25, 0.3) is 0 Å². The molecule has 6 nitrogen and oxygen atoms in total. The minimum absolute atomic E-state index is 0.239. The van der Waals surface area contributed by atoms with Gasteiger partial charge in [-0.2, -0.15) is 0 Å². The Morgan fingerprint density at radius 1 is 0.913 bits per heavy atom. The zero-order valence-corrected chi connectivity index (χ0v) is 13.3. The summed E-state index contributed by atoms with van der Waals surface area (Å²) in [5.74, 6) is -0.280. The molecular formula is C16H15ClN2O4. The van der Waals surface area contributed by atoms with E-state index >= 15 is 0 Å². The van der Waals surface area contributed by atoms with Crippen LogP contribution in [0, 0.1) is 0 Å². The molecule has 2 N–H and O–H groups in total. The van der Waals surface area contributed by atoms with Crippen molar-refractivity contribution < 1.29 is 19.1 Å². The maximum absolute atomic E-state index is 12.2. The summed E-state index contributed by atoms with van der Waals surface area (Å²) in [6.45, 7) is 0. The van der Waals surface area contributed by atoms with Crippen molar-refractivity contribution in [2.24, 2.45) is 0 Å². The number of rotatable bonds is 4. The Labute approximate surface area is 138 Å². The van der Waals surface area contributed by atoms with Gasteiger partial charge in [0.1, 0.15) is 0 Å². The second kappa shape index (κ2) is 7.51. The Hall–Kier alpha value is -2.73. The van der Waals surface area contributed by atoms with Crippen LogP contribution in [0.5, 0.6) is 11.5 Å². The molecule has 0 saturated carbocycles. The monoisotopic (exact) mass is 334 g/mol. The molecular weight excluding hydrogens is 320 g/mol. The first-order valence-electron chi connectivity index (χ1n) is 6.64. The quantitative estimate of drug-likeness (QED) is 0.842. The maximum atomic E-state index is 12.2. The minimum atomic E-state index is -0.525. The first-order chi connectivity index (χ1) is 11.1. The van der Waals surface area contributed by atoms with Crippen LogP contribution in [0.3, 0.4) is 0 Å². The van der Waals surface area contributed by atoms with Gasteiger partial charge in [0.15, 0.2) is 11.5 Å². The van der Waals surface area contributed by atoms with E-state index in [1.807, 2.05) is 0 Å². The highest BCUT2D eigenvalue weighted by Gasteiger charge is 2.17. The van der Waals surface area contributed by atoms with Gasteiger partial charge in [-0.1, -0.05) is 17.7 Å². The van der Waals surface area contributed by atoms with Gasteiger partial charge in [0, 0.05) is 10.6 Å². The zero-order chi connectivity index (χ0) is 16.8. The fourth-order valence-electron chi connectivity index (χ4n) is 1.92. The Bertz CT molecular complexity index is 717. The molecule has 0 radical (unpaired) electrons. The second-order valence-corrected chi connectivity index (χ2v) is 4.89. The van der Waals surface area contributed by atoms with Gasteiger partial charge in [-0.3, -0.25) is 20.4 Å². The van der Waals surface area contributed by atoms with Crippen LogP contribution >= 0.6 is 11.6 Å². The summed E-state index contributed by atoms with van der Waals surface area (Å²) < 4.78 is 10.3. The second-order valence-electron chi connectivity index (χ2n) is 4.46. The lowest BCUT2D eigenvalue weighted by Gasteiger charge is -2.13. The molecule has 7 heteroatoms. The lowest BCUT2D eigenvalue weighted by Crippen LogP contribution is -2.41. The van der Waals surface area contributed by atoms with Crippen LogP contribution < -0.4 is 20.3 Å². The summed E-state index contributed by atoms with van der Waals surface area (Å²) in [7, 11) is 2.91. The standard InChI is InChI=1S/C16H15ClN2O4/c1-22-13-5-3-4-12(14(13)23-2)16(21)19-18-15(20)10-6-8-11(17)9-7-10/h3-9H,1-2H3,(H,18,20)(H,19,21). The van der Waals surface area contributed by atoms with Crippen molar-refractivity contribution in [3.63, 3.8) is 0 Å². The number of benzene rings is 2. The van der Waals surface area contributed by atoms with Gasteiger partial charge >= 0.3 is 0 Å². The SMILES string of the molecule is COc1cccc(C(=O)NNC(=O)c2ccc(Cl)cc2)c1OC. The van der Waals surface area contributed by atoms with E-state index in [1.165, 1.54) is 14.2 Å². The maximum Gasteiger partial charge on any atom is 0.273 e. The van der Waals surface area contributed by atoms with E-state index in [2.05, 4.69) is 10.9 Å². The molecule has 0 saturated heterocycles. The molecule has 2 amide bonds. The molecule has 2 rings (SSSR count). The summed E-state index contributed by atoms with van der Waals surface area (Å²) in [5, 5.41) is 0.520. The Morgan fingerprint density at radius 2 is 1.57 bits per heavy atom. The molecule has 2 aromatic carbocycles. The predicted octanol–water partition coefficient (Wildman–Crippen LogP) is 2.43. The number of halogens is 1. The van der Waals surface area contributed by atoms with E-state index in [9.17, 15) is 9.59 Å². The molecule has 23 heavy (non-hydrogen) atoms. The number of para-hydroxylation sites is 1. The Balaban J connectivity index is 2.08. The highest BCUT2D eigenvalue weighted by molar-refractivity contribution is 6.30. The average molecular weight is 335 g/mol. The molecule has 120 valence electrons. The lowest BCUT2D eigenvalue weighted by molar-refractivity contribution is 0.0844. The molecule has 0 unspecified atom stereocenters. The van der Waals surface area contributed by atoms with Crippen molar-refractivity contribution in [1.82, 2.24) is 10.9 Å². The van der Waals surface area contributed by atoms with E-state index in [0.717, 1.165) is 0 Å². The van der Waals surface area contributed by atoms with Crippen LogP contribution in [-0.4, -0.2) is 26.0 Å². The molecule has 0 bridgehead atoms. The number of hydrogen-bond donors (Lipinski definition) is 2. The third kappa shape index (κ3) is 3.92. The highest BCUT2D eigenvalue weighted by Crippen LogP contribution is 2.30. The third-order valence-corrected chi connectivity index (χ3v) is 3.30. The molecule has 0 aliphatic rings. The summed E-state index contributed by atoms with van der Waals surface area (Å²) in [6.07, 6.45) is 0. The van der Waals surface area contributed by atoms with Gasteiger partial charge in [0.05, 0.1) is 19.8 Å². The van der Waals surface area contributed by atoms with Crippen molar-refractivity contribution in [1.29, 1.82) is 0 Å². The number of carbonyl (C=O) groups is 2. The number of hydrogen-bond acceptors (Lipinski definition) is 4. The van der Waals surface area contributed by atoms with Gasteiger partial charge < -0.3 is 9.47 Å². The molecule has 2 aromatic rings. The van der Waals surface area contributed by atoms with Crippen LogP contribution in [0.15, 0.2) is 42.5 Å². The van der Waals surface area contributed by atoms with E-state index < -0.39 is 11.8 Å². The van der Waals surface area contributed by atoms with Gasteiger partial charge in [-0.05, 0) is 36.4 Å². The zero-order valence-electron chi connectivity index (χ0n) is 12.6. The van der Waals surface area contributed by atoms with Crippen molar-refractivity contribution >= 4 is 23.4 Å². The van der Waals surface area contributed by atoms with Gasteiger partial charge in [-0.15, -0.1) is 0 Å². The van der Waals surface area contributed by atoms with E-state index in [-0.39, 0.29) is 11.3 Å². The van der Waals surface area contributed by atoms with Crippen LogP contribution in [0.2, 0.25) is 5.02 Å². The topological polar surface area (TPSA) is 76.7 Å². The average Bonchev–Trinajstić information content (AvgIpc) is 2.59. The van der Waals surface area contributed by atoms with Crippen molar-refractivity contribution in [3.05, 3.63) is 58.6 Å². The van der Waals surface area contributed by atoms with E-state index in [4.69, 9.17) is 21.1 Å². The summed E-state index contributed by atoms with van der Waals surface area (Å²) in [5.41, 5.74) is 5.27. The Morgan fingerprint density at radius 3 is 2.17 bits per heavy atom. The number of ether oxygens (including phenoxy) is 2. The minimum Gasteiger partial charge on any atom is -0.493 e. The number of methoxy groups -OCH3 is 2. The van der Waals surface area contributed by atoms with Gasteiger partial charge in [0.25, 0.3) is 11.8 Å². The largest absolute Gasteiger partial charge is 0.493 e. The molecule has 0 atom stereocenters. The van der Waals surface area contributed by atoms with E-state index in [1.54, 1.807) is 42.5 Å². The summed E-state index contributed by atoms with van der Waals surface area (Å²) in [6, 6.07) is 11.2. The molecule has 0 heterocycles. The van der Waals surface area contributed by atoms with Crippen molar-refractivity contribution in [2.75, 3.05) is 14.2 Å². The first kappa shape index (κ1) is 16.6. The fraction of sp³-hybridized carbons (Fsp3) is 0.125. The van der Waals surface area contributed by atoms with Crippen LogP contribution in [0.4, 0.5) is 0 Å². The number of hydrazine groups is 1. The van der Waals surface area contributed by atoms with Crippen molar-refractivity contribution in [2.45, 2.75) is 0 Å². The molecule has 0 fully saturated rings. The lowest BCUT2D eigenvalue weighted by atomic mass is 10.1. The Kier molecular flexibility index (Phi) is 5.43. The smallest absolute Gasteiger partial charge is 0.273 e. The van der Waals surface area contributed by atoms with Crippen molar-refractivity contribution in [3.8, 4) is 11.5 Å². The summed E-state index contributed by atoms with van der Waals surface area (Å²) >= 11 is 5.76. The molecule has 0 aliphatic heterocycles. The normalized spacial score (nSPS) is 9.87. The molecule has 0 spiro atoms. The highest BCUT2D eigenvalue weighted by atomic mass is 35.5. The van der Waals surface area contributed by atoms with Crippen LogP contribution in [0.1, 0.15) is 20.7 Å². The van der Waals surface area contributed by atoms with Gasteiger partial charge in [0.2, 0.25) is 0 Å². The number of carbonyl (C=O) groups excluding carboxylic acids is 2. The first-order valence-corrected chi connectivity index (χ1v) is 7.02. The van der Waals surface area contributed by atoms with Gasteiger partial charge in [-0.25, -0.2) is 0 Å². The predicted molar refractivity (Wildman–Crippen MR) is 85.9 cm³/mol. The van der Waals surface area contributed by atoms with E-state index in [0.29, 0.717) is 16.3 Å². The number of nitrogens with one attached hydrogen (secondary N) is 2. The molecule has 0 aromatic heterocycles. The summed E-state index contributed by atoms with van der Waals surface area (Å²) in [4.78, 5) is 24.1. The van der Waals surface area contributed by atoms with Crippen LogP contribution in [-0.2, 0) is 0 Å². The molecule has 0 aliphatic carbocycles. The third-order valence-electron chi connectivity index (χ3n) is 3.04. The fourth-order valence-corrected chi connectivity index (χ4v) is 2.05.